The third-order valence-corrected chi connectivity index (χ3v) is 4.97. The third kappa shape index (κ3) is 10.2. The smallest absolute Gasteiger partial charge is 0.326 e. The van der Waals surface area contributed by atoms with Crippen molar-refractivity contribution in [2.75, 3.05) is 0 Å². The number of hydrogen-bond donors (Lipinski definition) is 7. The molecule has 0 spiro atoms. The van der Waals surface area contributed by atoms with Crippen molar-refractivity contribution in [1.29, 1.82) is 0 Å². The Kier molecular flexibility index (Phi) is 11.3. The van der Waals surface area contributed by atoms with Crippen LogP contribution in [-0.4, -0.2) is 69.9 Å². The standard InChI is InChI=1S/C22H31N5O8/c1-11(2)18(24)21(33)26-13(8-12-6-4-3-5-7-12)19(31)25-14(9-16(23)28)20(32)27-15(22(34)35)10-17(29)30/h3-7,11,13-15,18H,8-10,24H2,1-2H3,(H2,23,28)(H,25,31)(H,26,33)(H,27,32)(H,29,30)(H,34,35). The van der Waals surface area contributed by atoms with Gasteiger partial charge in [0.1, 0.15) is 18.1 Å². The molecule has 4 atom stereocenters. The van der Waals surface area contributed by atoms with E-state index in [0.29, 0.717) is 5.56 Å². The summed E-state index contributed by atoms with van der Waals surface area (Å²) in [5.41, 5.74) is 11.7. The summed E-state index contributed by atoms with van der Waals surface area (Å²) in [6, 6.07) is 3.09. The number of carbonyl (C=O) groups is 6. The highest BCUT2D eigenvalue weighted by molar-refractivity contribution is 5.96. The van der Waals surface area contributed by atoms with Gasteiger partial charge in [0.05, 0.1) is 18.9 Å². The van der Waals surface area contributed by atoms with Crippen LogP contribution in [0.2, 0.25) is 0 Å². The molecular formula is C22H31N5O8. The average Bonchev–Trinajstić information content (AvgIpc) is 2.76. The van der Waals surface area contributed by atoms with Gasteiger partial charge >= 0.3 is 11.9 Å². The minimum Gasteiger partial charge on any atom is -0.481 e. The average molecular weight is 494 g/mol. The molecule has 4 amide bonds. The van der Waals surface area contributed by atoms with E-state index in [1.54, 1.807) is 44.2 Å². The van der Waals surface area contributed by atoms with E-state index in [1.165, 1.54) is 0 Å². The van der Waals surface area contributed by atoms with Crippen molar-refractivity contribution in [1.82, 2.24) is 16.0 Å². The molecule has 0 bridgehead atoms. The van der Waals surface area contributed by atoms with Crippen LogP contribution in [0.1, 0.15) is 32.3 Å². The van der Waals surface area contributed by atoms with Crippen molar-refractivity contribution >= 4 is 35.6 Å². The van der Waals surface area contributed by atoms with Crippen LogP contribution in [0.15, 0.2) is 30.3 Å². The van der Waals surface area contributed by atoms with E-state index in [2.05, 4.69) is 10.6 Å². The molecule has 0 saturated carbocycles. The number of rotatable bonds is 14. The maximum atomic E-state index is 13.1. The largest absolute Gasteiger partial charge is 0.481 e. The van der Waals surface area contributed by atoms with Gasteiger partial charge in [-0.15, -0.1) is 0 Å². The number of hydrogen-bond acceptors (Lipinski definition) is 7. The van der Waals surface area contributed by atoms with Crippen molar-refractivity contribution in [3.63, 3.8) is 0 Å². The first-order chi connectivity index (χ1) is 16.3. The first-order valence-electron chi connectivity index (χ1n) is 10.7. The van der Waals surface area contributed by atoms with Crippen LogP contribution in [0.5, 0.6) is 0 Å². The molecule has 0 aliphatic heterocycles. The van der Waals surface area contributed by atoms with E-state index in [9.17, 15) is 28.8 Å². The molecule has 1 aromatic rings. The van der Waals surface area contributed by atoms with Gasteiger partial charge in [-0.3, -0.25) is 24.0 Å². The van der Waals surface area contributed by atoms with Crippen molar-refractivity contribution in [3.05, 3.63) is 35.9 Å². The monoisotopic (exact) mass is 493 g/mol. The maximum Gasteiger partial charge on any atom is 0.326 e. The first kappa shape index (κ1) is 29.0. The molecule has 0 radical (unpaired) electrons. The summed E-state index contributed by atoms with van der Waals surface area (Å²) in [7, 11) is 0. The summed E-state index contributed by atoms with van der Waals surface area (Å²) in [5.74, 6) is -6.92. The number of amides is 4. The molecule has 192 valence electrons. The van der Waals surface area contributed by atoms with Crippen molar-refractivity contribution in [2.24, 2.45) is 17.4 Å². The lowest BCUT2D eigenvalue weighted by Gasteiger charge is -2.25. The van der Waals surface area contributed by atoms with Crippen LogP contribution in [-0.2, 0) is 35.2 Å². The molecule has 13 heteroatoms. The van der Waals surface area contributed by atoms with Gasteiger partial charge in [0, 0.05) is 6.42 Å². The molecule has 35 heavy (non-hydrogen) atoms. The number of carbonyl (C=O) groups excluding carboxylic acids is 4. The van der Waals surface area contributed by atoms with Crippen LogP contribution in [0.25, 0.3) is 0 Å². The number of nitrogens with two attached hydrogens (primary N) is 2. The Morgan fingerprint density at radius 1 is 0.800 bits per heavy atom. The van der Waals surface area contributed by atoms with Gasteiger partial charge in [-0.1, -0.05) is 44.2 Å². The molecule has 0 aliphatic rings. The Bertz CT molecular complexity index is 937. The molecule has 1 aromatic carbocycles. The van der Waals surface area contributed by atoms with Gasteiger partial charge in [-0.2, -0.15) is 0 Å². The van der Waals surface area contributed by atoms with Gasteiger partial charge in [0.25, 0.3) is 0 Å². The molecule has 13 nitrogen and oxygen atoms in total. The topological polar surface area (TPSA) is 231 Å². The Hall–Kier alpha value is -4.00. The summed E-state index contributed by atoms with van der Waals surface area (Å²) in [6.07, 6.45) is -1.61. The number of primary amides is 1. The van der Waals surface area contributed by atoms with Crippen molar-refractivity contribution in [3.8, 4) is 0 Å². The Labute approximate surface area is 201 Å². The molecule has 9 N–H and O–H groups in total. The fraction of sp³-hybridized carbons (Fsp3) is 0.455. The lowest BCUT2D eigenvalue weighted by atomic mass is 10.0. The van der Waals surface area contributed by atoms with Crippen LogP contribution < -0.4 is 27.4 Å². The molecule has 0 aromatic heterocycles. The van der Waals surface area contributed by atoms with E-state index in [-0.39, 0.29) is 12.3 Å². The Morgan fingerprint density at radius 3 is 1.80 bits per heavy atom. The van der Waals surface area contributed by atoms with E-state index < -0.39 is 72.6 Å². The second-order valence-corrected chi connectivity index (χ2v) is 8.25. The Morgan fingerprint density at radius 2 is 1.31 bits per heavy atom. The molecule has 4 unspecified atom stereocenters. The highest BCUT2D eigenvalue weighted by Crippen LogP contribution is 2.07. The molecule has 0 heterocycles. The van der Waals surface area contributed by atoms with E-state index >= 15 is 0 Å². The van der Waals surface area contributed by atoms with Gasteiger partial charge in [0.2, 0.25) is 23.6 Å². The number of aliphatic carboxylic acids is 2. The second kappa shape index (κ2) is 13.6. The van der Waals surface area contributed by atoms with Crippen LogP contribution in [0, 0.1) is 5.92 Å². The summed E-state index contributed by atoms with van der Waals surface area (Å²) >= 11 is 0. The lowest BCUT2D eigenvalue weighted by molar-refractivity contribution is -0.147. The Balaban J connectivity index is 3.12. The van der Waals surface area contributed by atoms with Crippen LogP contribution in [0.3, 0.4) is 0 Å². The lowest BCUT2D eigenvalue weighted by Crippen LogP contribution is -2.58. The first-order valence-corrected chi connectivity index (χ1v) is 10.7. The minimum absolute atomic E-state index is 0.0188. The fourth-order valence-electron chi connectivity index (χ4n) is 2.96. The fourth-order valence-corrected chi connectivity index (χ4v) is 2.96. The summed E-state index contributed by atoms with van der Waals surface area (Å²) in [5, 5.41) is 24.8. The van der Waals surface area contributed by atoms with E-state index in [1.807, 2.05) is 5.32 Å². The number of carboxylic acids is 2. The number of benzene rings is 1. The zero-order valence-electron chi connectivity index (χ0n) is 19.4. The second-order valence-electron chi connectivity index (χ2n) is 8.25. The van der Waals surface area contributed by atoms with Crippen molar-refractivity contribution in [2.45, 2.75) is 57.3 Å². The molecular weight excluding hydrogens is 462 g/mol. The summed E-state index contributed by atoms with van der Waals surface area (Å²) in [4.78, 5) is 71.8. The summed E-state index contributed by atoms with van der Waals surface area (Å²) in [6.45, 7) is 3.44. The van der Waals surface area contributed by atoms with Crippen LogP contribution in [0.4, 0.5) is 0 Å². The zero-order valence-corrected chi connectivity index (χ0v) is 19.4. The van der Waals surface area contributed by atoms with Gasteiger partial charge < -0.3 is 37.6 Å². The quantitative estimate of drug-likeness (QED) is 0.153. The van der Waals surface area contributed by atoms with E-state index in [4.69, 9.17) is 21.7 Å². The van der Waals surface area contributed by atoms with Gasteiger partial charge in [-0.05, 0) is 11.5 Å². The molecule has 0 saturated heterocycles. The predicted octanol–water partition coefficient (Wildman–Crippen LogP) is -1.90. The normalized spacial score (nSPS) is 14.2. The van der Waals surface area contributed by atoms with Gasteiger partial charge in [-0.25, -0.2) is 4.79 Å². The zero-order chi connectivity index (χ0) is 26.7. The number of nitrogens with one attached hydrogen (secondary N) is 3. The van der Waals surface area contributed by atoms with Gasteiger partial charge in [0.15, 0.2) is 0 Å². The minimum atomic E-state index is -1.81. The maximum absolute atomic E-state index is 13.1. The summed E-state index contributed by atoms with van der Waals surface area (Å²) < 4.78 is 0. The highest BCUT2D eigenvalue weighted by Gasteiger charge is 2.32. The molecule has 1 rings (SSSR count). The highest BCUT2D eigenvalue weighted by atomic mass is 16.4. The molecule has 0 aliphatic carbocycles. The third-order valence-electron chi connectivity index (χ3n) is 4.97. The number of carboxylic acid groups (broad SMARTS) is 2. The SMILES string of the molecule is CC(C)C(N)C(=O)NC(Cc1ccccc1)C(=O)NC(CC(N)=O)C(=O)NC(CC(=O)O)C(=O)O. The van der Waals surface area contributed by atoms with Crippen LogP contribution >= 0.6 is 0 Å². The van der Waals surface area contributed by atoms with E-state index in [0.717, 1.165) is 0 Å². The predicted molar refractivity (Wildman–Crippen MR) is 122 cm³/mol. The van der Waals surface area contributed by atoms with Crippen molar-refractivity contribution < 1.29 is 39.0 Å². The molecule has 0 fully saturated rings.